The van der Waals surface area contributed by atoms with Gasteiger partial charge in [-0.05, 0) is 56.5 Å². The van der Waals surface area contributed by atoms with Crippen LogP contribution < -0.4 is 0 Å². The lowest BCUT2D eigenvalue weighted by atomic mass is 9.97. The van der Waals surface area contributed by atoms with E-state index in [1.54, 1.807) is 17.0 Å². The number of benzene rings is 2. The van der Waals surface area contributed by atoms with Crippen LogP contribution in [0.3, 0.4) is 0 Å². The van der Waals surface area contributed by atoms with Crippen LogP contribution in [0.5, 0.6) is 0 Å². The molecule has 0 bridgehead atoms. The van der Waals surface area contributed by atoms with Crippen LogP contribution in [0.25, 0.3) is 21.5 Å². The number of carbonyl (C=O) groups is 1. The average Bonchev–Trinajstić information content (AvgIpc) is 3.48. The predicted molar refractivity (Wildman–Crippen MR) is 116 cm³/mol. The van der Waals surface area contributed by atoms with E-state index < -0.39 is 17.2 Å². The van der Waals surface area contributed by atoms with Crippen LogP contribution in [0.4, 0.5) is 13.2 Å². The van der Waals surface area contributed by atoms with Gasteiger partial charge in [-0.3, -0.25) is 4.79 Å². The summed E-state index contributed by atoms with van der Waals surface area (Å²) in [7, 11) is 0. The summed E-state index contributed by atoms with van der Waals surface area (Å²) in [6.45, 7) is 4.15. The summed E-state index contributed by atoms with van der Waals surface area (Å²) >= 11 is 1.37. The molecule has 1 unspecified atom stereocenters. The third-order valence-electron chi connectivity index (χ3n) is 5.99. The number of amides is 1. The lowest BCUT2D eigenvalue weighted by Gasteiger charge is -2.33. The van der Waals surface area contributed by atoms with Gasteiger partial charge in [-0.15, -0.1) is 11.3 Å². The molecule has 0 aliphatic carbocycles. The van der Waals surface area contributed by atoms with Crippen LogP contribution in [-0.2, 0) is 5.54 Å². The Morgan fingerprint density at radius 1 is 1.12 bits per heavy atom. The van der Waals surface area contributed by atoms with E-state index in [-0.39, 0.29) is 17.2 Å². The lowest BCUT2D eigenvalue weighted by Crippen LogP contribution is -2.44. The van der Waals surface area contributed by atoms with Gasteiger partial charge < -0.3 is 9.88 Å². The average molecular weight is 456 g/mol. The number of H-pyrrole nitrogens is 1. The maximum Gasteiger partial charge on any atom is 0.274 e. The zero-order valence-electron chi connectivity index (χ0n) is 17.4. The molecule has 32 heavy (non-hydrogen) atoms. The molecule has 164 valence electrons. The number of halogens is 3. The maximum atomic E-state index is 14.2. The number of likely N-dealkylation sites (tertiary alicyclic amines) is 1. The second-order valence-corrected chi connectivity index (χ2v) is 9.30. The summed E-state index contributed by atoms with van der Waals surface area (Å²) in [6.07, 6.45) is 1.34. The van der Waals surface area contributed by atoms with Crippen molar-refractivity contribution in [2.24, 2.45) is 0 Å². The van der Waals surface area contributed by atoms with Gasteiger partial charge in [0.2, 0.25) is 0 Å². The van der Waals surface area contributed by atoms with E-state index in [9.17, 15) is 18.0 Å². The van der Waals surface area contributed by atoms with E-state index in [2.05, 4.69) is 15.0 Å². The highest BCUT2D eigenvalue weighted by atomic mass is 32.1. The van der Waals surface area contributed by atoms with E-state index in [0.717, 1.165) is 17.5 Å². The van der Waals surface area contributed by atoms with E-state index >= 15 is 0 Å². The number of aromatic nitrogens is 3. The summed E-state index contributed by atoms with van der Waals surface area (Å²) in [5, 5.41) is 0.717. The smallest absolute Gasteiger partial charge is 0.274 e. The number of thiazole rings is 1. The first-order chi connectivity index (χ1) is 15.3. The number of nitrogens with one attached hydrogen (secondary N) is 1. The van der Waals surface area contributed by atoms with Crippen LogP contribution in [0, 0.1) is 24.4 Å². The summed E-state index contributed by atoms with van der Waals surface area (Å²) in [5.74, 6) is -2.22. The van der Waals surface area contributed by atoms with Crippen molar-refractivity contribution in [1.29, 1.82) is 0 Å². The van der Waals surface area contributed by atoms with Crippen molar-refractivity contribution >= 4 is 28.3 Å². The minimum absolute atomic E-state index is 0.0861. The molecule has 5 nitrogen and oxygen atoms in total. The fourth-order valence-electron chi connectivity index (χ4n) is 4.30. The molecule has 1 fully saturated rings. The van der Waals surface area contributed by atoms with Crippen LogP contribution >= 0.6 is 11.3 Å². The normalized spacial score (nSPS) is 18.6. The second kappa shape index (κ2) is 7.44. The van der Waals surface area contributed by atoms with Gasteiger partial charge in [0.1, 0.15) is 22.9 Å². The topological polar surface area (TPSA) is 61.9 Å². The number of rotatable bonds is 3. The number of nitrogens with zero attached hydrogens (tertiary/aromatic N) is 3. The number of hydrogen-bond donors (Lipinski definition) is 1. The third kappa shape index (κ3) is 3.19. The van der Waals surface area contributed by atoms with Crippen molar-refractivity contribution in [2.75, 3.05) is 6.54 Å². The molecular weight excluding hydrogens is 437 g/mol. The number of hydrogen-bond acceptors (Lipinski definition) is 4. The van der Waals surface area contributed by atoms with Crippen LogP contribution in [0.2, 0.25) is 0 Å². The number of fused-ring (bicyclic) bond motifs is 1. The first kappa shape index (κ1) is 20.7. The van der Waals surface area contributed by atoms with Crippen molar-refractivity contribution in [3.05, 3.63) is 70.4 Å². The second-order valence-electron chi connectivity index (χ2n) is 8.09. The Morgan fingerprint density at radius 2 is 1.88 bits per heavy atom. The molecular formula is C23H19F3N4OS. The molecule has 9 heteroatoms. The highest BCUT2D eigenvalue weighted by Gasteiger charge is 2.45. The Morgan fingerprint density at radius 3 is 2.62 bits per heavy atom. The number of carbonyl (C=O) groups excluding carboxylic acids is 1. The Hall–Kier alpha value is -3.20. The summed E-state index contributed by atoms with van der Waals surface area (Å²) in [4.78, 5) is 27.9. The minimum Gasteiger partial charge on any atom is -0.340 e. The largest absolute Gasteiger partial charge is 0.340 e. The summed E-state index contributed by atoms with van der Waals surface area (Å²) in [5.41, 5.74) is 0.451. The molecule has 4 aromatic rings. The summed E-state index contributed by atoms with van der Waals surface area (Å²) < 4.78 is 41.3. The van der Waals surface area contributed by atoms with Crippen LogP contribution in [-0.4, -0.2) is 32.3 Å². The maximum absolute atomic E-state index is 14.2. The van der Waals surface area contributed by atoms with Gasteiger partial charge >= 0.3 is 0 Å². The third-order valence-corrected chi connectivity index (χ3v) is 7.01. The van der Waals surface area contributed by atoms with E-state index in [4.69, 9.17) is 0 Å². The molecule has 1 aliphatic heterocycles. The molecule has 0 saturated carbocycles. The Bertz CT molecular complexity index is 1350. The van der Waals surface area contributed by atoms with Crippen molar-refractivity contribution in [3.63, 3.8) is 0 Å². The molecule has 5 rings (SSSR count). The SMILES string of the molecule is Cc1nc(C(=O)N2CCCC2(C)c2nc3c(F)c(F)ccc3[nH]2)c(-c2ccc(F)cc2)s1. The Kier molecular flexibility index (Phi) is 4.81. The monoisotopic (exact) mass is 456 g/mol. The van der Waals surface area contributed by atoms with Crippen molar-refractivity contribution in [1.82, 2.24) is 19.9 Å². The fraction of sp³-hybridized carbons (Fsp3) is 0.261. The Balaban J connectivity index is 1.56. The number of aryl methyl sites for hydroxylation is 1. The molecule has 0 spiro atoms. The van der Waals surface area contributed by atoms with E-state index in [1.165, 1.54) is 29.5 Å². The quantitative estimate of drug-likeness (QED) is 0.439. The fourth-order valence-corrected chi connectivity index (χ4v) is 5.22. The van der Waals surface area contributed by atoms with Crippen LogP contribution in [0.1, 0.15) is 41.1 Å². The van der Waals surface area contributed by atoms with Crippen molar-refractivity contribution < 1.29 is 18.0 Å². The zero-order chi connectivity index (χ0) is 22.6. The molecule has 2 aromatic heterocycles. The number of imidazole rings is 1. The molecule has 1 saturated heterocycles. The first-order valence-corrected chi connectivity index (χ1v) is 11.0. The molecule has 1 N–H and O–H groups in total. The highest BCUT2D eigenvalue weighted by Crippen LogP contribution is 2.41. The summed E-state index contributed by atoms with van der Waals surface area (Å²) in [6, 6.07) is 8.43. The number of aromatic amines is 1. The van der Waals surface area contributed by atoms with Crippen molar-refractivity contribution in [2.45, 2.75) is 32.2 Å². The van der Waals surface area contributed by atoms with Crippen LogP contribution in [0.15, 0.2) is 36.4 Å². The molecule has 1 atom stereocenters. The van der Waals surface area contributed by atoms with Gasteiger partial charge in [0.05, 0.1) is 20.9 Å². The lowest BCUT2D eigenvalue weighted by molar-refractivity contribution is 0.0601. The van der Waals surface area contributed by atoms with Gasteiger partial charge in [0.15, 0.2) is 11.6 Å². The molecule has 2 aromatic carbocycles. The van der Waals surface area contributed by atoms with Gasteiger partial charge in [-0.2, -0.15) is 0 Å². The molecule has 1 amide bonds. The Labute approximate surface area is 185 Å². The molecule has 0 radical (unpaired) electrons. The first-order valence-electron chi connectivity index (χ1n) is 10.2. The van der Waals surface area contributed by atoms with Gasteiger partial charge in [-0.25, -0.2) is 23.1 Å². The van der Waals surface area contributed by atoms with Crippen molar-refractivity contribution in [3.8, 4) is 10.4 Å². The standard InChI is InChI=1S/C23H19F3N4OS/c1-12-27-19(20(32-12)13-4-6-14(24)7-5-13)21(31)30-11-3-10-23(30,2)22-28-16-9-8-15(25)17(26)18(16)29-22/h4-9H,3,10-11H2,1-2H3,(H,28,29). The van der Waals surface area contributed by atoms with E-state index in [1.807, 2.05) is 13.8 Å². The molecule has 1 aliphatic rings. The zero-order valence-corrected chi connectivity index (χ0v) is 18.2. The van der Waals surface area contributed by atoms with Gasteiger partial charge in [0, 0.05) is 6.54 Å². The van der Waals surface area contributed by atoms with E-state index in [0.29, 0.717) is 40.4 Å². The van der Waals surface area contributed by atoms with Gasteiger partial charge in [-0.1, -0.05) is 12.1 Å². The predicted octanol–water partition coefficient (Wildman–Crippen LogP) is 5.56. The molecule has 3 heterocycles. The highest BCUT2D eigenvalue weighted by molar-refractivity contribution is 7.15. The minimum atomic E-state index is -1.02. The van der Waals surface area contributed by atoms with Gasteiger partial charge in [0.25, 0.3) is 5.91 Å².